The minimum atomic E-state index is -0.262. The number of nitrogens with zero attached hydrogens (tertiary/aromatic N) is 1. The summed E-state index contributed by atoms with van der Waals surface area (Å²) in [6.45, 7) is 1.73. The zero-order valence-corrected chi connectivity index (χ0v) is 13.7. The van der Waals surface area contributed by atoms with Gasteiger partial charge in [-0.2, -0.15) is 0 Å². The number of benzene rings is 1. The Morgan fingerprint density at radius 1 is 1.45 bits per heavy atom. The zero-order valence-electron chi connectivity index (χ0n) is 13.0. The fraction of sp³-hybridized carbons (Fsp3) is 0.588. The Hall–Kier alpha value is -1.26. The van der Waals surface area contributed by atoms with E-state index in [0.717, 1.165) is 37.8 Å². The molecule has 0 aromatic heterocycles. The summed E-state index contributed by atoms with van der Waals surface area (Å²) in [6, 6.07) is 8.25. The second kappa shape index (κ2) is 6.47. The molecule has 0 unspecified atom stereocenters. The maximum atomic E-state index is 12.4. The first-order valence-corrected chi connectivity index (χ1v) is 8.38. The molecule has 2 aliphatic rings. The molecule has 1 atom stereocenters. The van der Waals surface area contributed by atoms with Crippen molar-refractivity contribution in [2.24, 2.45) is 0 Å². The minimum Gasteiger partial charge on any atom is -0.453 e. The van der Waals surface area contributed by atoms with Crippen molar-refractivity contribution in [2.45, 2.75) is 43.7 Å². The largest absolute Gasteiger partial charge is 0.453 e. The Morgan fingerprint density at radius 2 is 2.27 bits per heavy atom. The third-order valence-corrected chi connectivity index (χ3v) is 5.25. The average Bonchev–Trinajstić information content (AvgIpc) is 2.97. The third-order valence-electron chi connectivity index (χ3n) is 5.02. The molecule has 1 aliphatic carbocycles. The molecule has 1 N–H and O–H groups in total. The molecule has 1 heterocycles. The number of carbonyl (C=O) groups excluding carboxylic acids is 1. The zero-order chi connectivity index (χ0) is 15.6. The van der Waals surface area contributed by atoms with E-state index in [0.29, 0.717) is 17.6 Å². The molecular weight excluding hydrogens is 300 g/mol. The quantitative estimate of drug-likeness (QED) is 0.922. The molecule has 0 spiro atoms. The van der Waals surface area contributed by atoms with Gasteiger partial charge in [0.05, 0.1) is 12.6 Å². The van der Waals surface area contributed by atoms with Gasteiger partial charge in [-0.1, -0.05) is 23.7 Å². The second-order valence-corrected chi connectivity index (χ2v) is 6.71. The topological polar surface area (TPSA) is 41.6 Å². The van der Waals surface area contributed by atoms with Crippen molar-refractivity contribution in [2.75, 3.05) is 20.2 Å². The van der Waals surface area contributed by atoms with E-state index in [1.807, 2.05) is 23.1 Å². The van der Waals surface area contributed by atoms with Crippen LogP contribution in [0.15, 0.2) is 24.3 Å². The van der Waals surface area contributed by atoms with Gasteiger partial charge in [0.15, 0.2) is 0 Å². The predicted octanol–water partition coefficient (Wildman–Crippen LogP) is 3.54. The number of hydrogen-bond acceptors (Lipinski definition) is 3. The maximum Gasteiger partial charge on any atom is 0.410 e. The normalized spacial score (nSPS) is 22.9. The van der Waals surface area contributed by atoms with Crippen LogP contribution in [0.25, 0.3) is 0 Å². The van der Waals surface area contributed by atoms with Gasteiger partial charge >= 0.3 is 6.09 Å². The van der Waals surface area contributed by atoms with Crippen LogP contribution in [-0.4, -0.2) is 37.2 Å². The van der Waals surface area contributed by atoms with E-state index in [-0.39, 0.29) is 11.6 Å². The highest BCUT2D eigenvalue weighted by Gasteiger charge is 2.47. The molecule has 3 rings (SSSR count). The number of halogens is 1. The van der Waals surface area contributed by atoms with E-state index >= 15 is 0 Å². The molecule has 1 aromatic rings. The van der Waals surface area contributed by atoms with Crippen LogP contribution in [0, 0.1) is 0 Å². The van der Waals surface area contributed by atoms with Gasteiger partial charge in [-0.25, -0.2) is 4.79 Å². The summed E-state index contributed by atoms with van der Waals surface area (Å²) in [4.78, 5) is 14.4. The van der Waals surface area contributed by atoms with Crippen LogP contribution >= 0.6 is 11.6 Å². The van der Waals surface area contributed by atoms with Crippen LogP contribution in [0.1, 0.15) is 37.7 Å². The van der Waals surface area contributed by atoms with Gasteiger partial charge < -0.3 is 10.1 Å². The molecule has 22 heavy (non-hydrogen) atoms. The van der Waals surface area contributed by atoms with Crippen LogP contribution in [0.5, 0.6) is 0 Å². The van der Waals surface area contributed by atoms with Crippen molar-refractivity contribution in [1.82, 2.24) is 10.2 Å². The first kappa shape index (κ1) is 15.6. The number of hydrogen-bond donors (Lipinski definition) is 1. The molecule has 0 bridgehead atoms. The molecule has 1 aliphatic heterocycles. The van der Waals surface area contributed by atoms with Crippen molar-refractivity contribution in [3.05, 3.63) is 34.9 Å². The monoisotopic (exact) mass is 322 g/mol. The van der Waals surface area contributed by atoms with Crippen LogP contribution in [-0.2, 0) is 10.3 Å². The number of rotatable bonds is 4. The Balaban J connectivity index is 1.90. The lowest BCUT2D eigenvalue weighted by molar-refractivity contribution is 0.00734. The van der Waals surface area contributed by atoms with Gasteiger partial charge in [-0.05, 0) is 56.3 Å². The van der Waals surface area contributed by atoms with Crippen molar-refractivity contribution in [3.63, 3.8) is 0 Å². The second-order valence-electron chi connectivity index (χ2n) is 6.27. The average molecular weight is 323 g/mol. The molecule has 4 nitrogen and oxygen atoms in total. The Morgan fingerprint density at radius 3 is 2.82 bits per heavy atom. The third kappa shape index (κ3) is 2.82. The standard InChI is InChI=1S/C17H23ClN2O2/c1-22-16(21)20(12-15-7-3-10-19-15)17(8-4-9-17)13-5-2-6-14(18)11-13/h2,5-6,11,15,19H,3-4,7-10,12H2,1H3/t15-/m0/s1. The first-order valence-electron chi connectivity index (χ1n) is 8.01. The van der Waals surface area contributed by atoms with E-state index in [1.54, 1.807) is 0 Å². The molecule has 5 heteroatoms. The number of ether oxygens (including phenoxy) is 1. The van der Waals surface area contributed by atoms with Crippen molar-refractivity contribution in [1.29, 1.82) is 0 Å². The van der Waals surface area contributed by atoms with Gasteiger partial charge in [-0.15, -0.1) is 0 Å². The summed E-state index contributed by atoms with van der Waals surface area (Å²) in [5.41, 5.74) is 0.858. The Bertz CT molecular complexity index is 539. The summed E-state index contributed by atoms with van der Waals surface area (Å²) in [5.74, 6) is 0. The summed E-state index contributed by atoms with van der Waals surface area (Å²) in [5, 5.41) is 4.19. The lowest BCUT2D eigenvalue weighted by atomic mass is 9.70. The van der Waals surface area contributed by atoms with E-state index in [4.69, 9.17) is 16.3 Å². The highest BCUT2D eigenvalue weighted by molar-refractivity contribution is 6.30. The van der Waals surface area contributed by atoms with Gasteiger partial charge in [0.1, 0.15) is 0 Å². The van der Waals surface area contributed by atoms with Crippen molar-refractivity contribution >= 4 is 17.7 Å². The molecule has 120 valence electrons. The number of amides is 1. The molecule has 1 amide bonds. The van der Waals surface area contributed by atoms with E-state index in [9.17, 15) is 4.79 Å². The van der Waals surface area contributed by atoms with Gasteiger partial charge in [-0.3, -0.25) is 4.90 Å². The van der Waals surface area contributed by atoms with Crippen LogP contribution in [0.3, 0.4) is 0 Å². The maximum absolute atomic E-state index is 12.4. The first-order chi connectivity index (χ1) is 10.7. The number of carbonyl (C=O) groups is 1. The molecule has 2 fully saturated rings. The highest BCUT2D eigenvalue weighted by Crippen LogP contribution is 2.47. The number of nitrogens with one attached hydrogen (secondary N) is 1. The van der Waals surface area contributed by atoms with E-state index < -0.39 is 0 Å². The molecule has 1 aromatic carbocycles. The van der Waals surface area contributed by atoms with Gasteiger partial charge in [0.2, 0.25) is 0 Å². The minimum absolute atomic E-state index is 0.242. The van der Waals surface area contributed by atoms with E-state index in [2.05, 4.69) is 11.4 Å². The van der Waals surface area contributed by atoms with Crippen LogP contribution in [0.4, 0.5) is 4.79 Å². The Kier molecular flexibility index (Phi) is 4.59. The lowest BCUT2D eigenvalue weighted by Crippen LogP contribution is -2.56. The van der Waals surface area contributed by atoms with Crippen molar-refractivity contribution < 1.29 is 9.53 Å². The summed E-state index contributed by atoms with van der Waals surface area (Å²) < 4.78 is 5.08. The summed E-state index contributed by atoms with van der Waals surface area (Å²) in [7, 11) is 1.46. The van der Waals surface area contributed by atoms with Crippen LogP contribution < -0.4 is 5.32 Å². The summed E-state index contributed by atoms with van der Waals surface area (Å²) >= 11 is 6.17. The fourth-order valence-electron chi connectivity index (χ4n) is 3.67. The Labute approximate surface area is 136 Å². The SMILES string of the molecule is COC(=O)N(C[C@@H]1CCCN1)C1(c2cccc(Cl)c2)CCC1. The predicted molar refractivity (Wildman–Crippen MR) is 87.1 cm³/mol. The molecular formula is C17H23ClN2O2. The lowest BCUT2D eigenvalue weighted by Gasteiger charge is -2.50. The number of methoxy groups -OCH3 is 1. The highest BCUT2D eigenvalue weighted by atomic mass is 35.5. The molecule has 1 saturated carbocycles. The van der Waals surface area contributed by atoms with Gasteiger partial charge in [0, 0.05) is 17.6 Å². The smallest absolute Gasteiger partial charge is 0.410 e. The fourth-order valence-corrected chi connectivity index (χ4v) is 3.86. The summed E-state index contributed by atoms with van der Waals surface area (Å²) in [6.07, 6.45) is 5.10. The molecule has 0 radical (unpaired) electrons. The molecule has 1 saturated heterocycles. The van der Waals surface area contributed by atoms with E-state index in [1.165, 1.54) is 13.5 Å². The van der Waals surface area contributed by atoms with Gasteiger partial charge in [0.25, 0.3) is 0 Å². The van der Waals surface area contributed by atoms with Crippen molar-refractivity contribution in [3.8, 4) is 0 Å². The van der Waals surface area contributed by atoms with Crippen LogP contribution in [0.2, 0.25) is 5.02 Å².